The normalized spacial score (nSPS) is 25.1. The number of anilines is 4. The van der Waals surface area contributed by atoms with E-state index in [1.165, 1.54) is 128 Å². The van der Waals surface area contributed by atoms with Crippen LogP contribution >= 0.6 is 0 Å². The molecule has 6 atom stereocenters. The lowest BCUT2D eigenvalue weighted by molar-refractivity contribution is 0.237. The summed E-state index contributed by atoms with van der Waals surface area (Å²) in [6.07, 6.45) is 7.37. The van der Waals surface area contributed by atoms with Gasteiger partial charge in [0, 0.05) is 45.7 Å². The SMILES string of the molecule is CC1CCC2(C)C(C1)c1cc(-c3ccc4c(c3)C(c3ccccc3)(c3ccccc3)c3cc(-c5ccc6c(c5)C5CC(C)CCC5(C)N6c5ccccc5)ccc3-4)ccc1N2c1ccccc1. The van der Waals surface area contributed by atoms with Crippen LogP contribution in [0.2, 0.25) is 0 Å². The van der Waals surface area contributed by atoms with E-state index < -0.39 is 5.41 Å². The van der Waals surface area contributed by atoms with Crippen molar-refractivity contribution in [3.63, 3.8) is 0 Å². The molecule has 0 radical (unpaired) electrons. The molecule has 2 nitrogen and oxygen atoms in total. The number of para-hydroxylation sites is 2. The molecule has 8 aromatic rings. The zero-order valence-electron chi connectivity index (χ0n) is 39.4. The summed E-state index contributed by atoms with van der Waals surface area (Å²) in [5.74, 6) is 2.38. The second-order valence-electron chi connectivity index (χ2n) is 21.5. The first-order chi connectivity index (χ1) is 32.8. The highest BCUT2D eigenvalue weighted by molar-refractivity contribution is 5.91. The smallest absolute Gasteiger partial charge is 0.0713 e. The van der Waals surface area contributed by atoms with Crippen molar-refractivity contribution in [3.8, 4) is 33.4 Å². The van der Waals surface area contributed by atoms with Crippen molar-refractivity contribution >= 4 is 22.7 Å². The number of nitrogens with zero attached hydrogens (tertiary/aromatic N) is 2. The molecule has 0 bridgehead atoms. The Bertz CT molecular complexity index is 2960. The van der Waals surface area contributed by atoms with Crippen molar-refractivity contribution in [1.29, 1.82) is 0 Å². The van der Waals surface area contributed by atoms with Gasteiger partial charge in [-0.3, -0.25) is 0 Å². The van der Waals surface area contributed by atoms with Gasteiger partial charge >= 0.3 is 0 Å². The Kier molecular flexibility index (Phi) is 9.21. The summed E-state index contributed by atoms with van der Waals surface area (Å²) in [4.78, 5) is 5.37. The second kappa shape index (κ2) is 15.2. The molecule has 2 heterocycles. The third-order valence-corrected chi connectivity index (χ3v) is 17.6. The second-order valence-corrected chi connectivity index (χ2v) is 21.5. The van der Waals surface area contributed by atoms with E-state index >= 15 is 0 Å². The van der Waals surface area contributed by atoms with Crippen molar-refractivity contribution in [1.82, 2.24) is 0 Å². The Hall–Kier alpha value is -6.64. The minimum Gasteiger partial charge on any atom is -0.335 e. The largest absolute Gasteiger partial charge is 0.335 e. The molecule has 13 rings (SSSR count). The number of fused-ring (bicyclic) bond motifs is 9. The highest BCUT2D eigenvalue weighted by Gasteiger charge is 2.53. The van der Waals surface area contributed by atoms with Gasteiger partial charge < -0.3 is 9.80 Å². The van der Waals surface area contributed by atoms with Crippen LogP contribution in [0, 0.1) is 11.8 Å². The molecule has 2 fully saturated rings. The van der Waals surface area contributed by atoms with Gasteiger partial charge in [0.1, 0.15) is 0 Å². The molecule has 2 saturated carbocycles. The van der Waals surface area contributed by atoms with Crippen molar-refractivity contribution < 1.29 is 0 Å². The zero-order valence-corrected chi connectivity index (χ0v) is 39.4. The zero-order chi connectivity index (χ0) is 45.1. The molecule has 3 aliphatic carbocycles. The van der Waals surface area contributed by atoms with E-state index in [2.05, 4.69) is 232 Å². The van der Waals surface area contributed by atoms with Gasteiger partial charge in [-0.05, 0) is 192 Å². The van der Waals surface area contributed by atoms with E-state index in [1.54, 1.807) is 0 Å². The third kappa shape index (κ3) is 5.94. The van der Waals surface area contributed by atoms with Gasteiger partial charge in [0.05, 0.1) is 5.41 Å². The standard InChI is InChI=1S/C65H60N2/c1-43-33-35-63(3)57(37-43)55-39-45(27-31-61(55)66(63)51-21-13-7-14-22-51)47-25-29-53-54-30-26-48(42-60(54)65(59(53)41-47,49-17-9-5-10-18-49)50-19-11-6-12-20-50)46-28-32-62-56(40-46)58-38-44(2)34-36-64(58,4)67(62)52-23-15-8-16-24-52/h5-32,39-44,57-58H,33-38H2,1-4H3. The van der Waals surface area contributed by atoms with Crippen LogP contribution in [0.3, 0.4) is 0 Å². The molecular formula is C65H60N2. The fourth-order valence-corrected chi connectivity index (χ4v) is 14.3. The van der Waals surface area contributed by atoms with Gasteiger partial charge in [-0.2, -0.15) is 0 Å². The van der Waals surface area contributed by atoms with Gasteiger partial charge in [-0.15, -0.1) is 0 Å². The first kappa shape index (κ1) is 40.6. The summed E-state index contributed by atoms with van der Waals surface area (Å²) >= 11 is 0. The van der Waals surface area contributed by atoms with Crippen LogP contribution in [0.15, 0.2) is 194 Å². The minimum atomic E-state index is -0.518. The molecule has 2 aliphatic heterocycles. The van der Waals surface area contributed by atoms with Crippen molar-refractivity contribution in [3.05, 3.63) is 228 Å². The van der Waals surface area contributed by atoms with Crippen LogP contribution in [-0.2, 0) is 5.41 Å². The molecule has 0 saturated heterocycles. The molecule has 0 aromatic heterocycles. The molecule has 0 spiro atoms. The summed E-state index contributed by atoms with van der Waals surface area (Å²) < 4.78 is 0. The molecule has 2 heteroatoms. The quantitative estimate of drug-likeness (QED) is 0.164. The van der Waals surface area contributed by atoms with E-state index in [1.807, 2.05) is 0 Å². The monoisotopic (exact) mass is 868 g/mol. The Morgan fingerprint density at radius 1 is 0.403 bits per heavy atom. The maximum absolute atomic E-state index is 2.68. The van der Waals surface area contributed by atoms with Gasteiger partial charge in [0.15, 0.2) is 0 Å². The van der Waals surface area contributed by atoms with Crippen LogP contribution in [-0.4, -0.2) is 11.1 Å². The molecule has 0 amide bonds. The minimum absolute atomic E-state index is 0.0521. The highest BCUT2D eigenvalue weighted by atomic mass is 15.2. The van der Waals surface area contributed by atoms with Crippen molar-refractivity contribution in [2.75, 3.05) is 9.80 Å². The summed E-state index contributed by atoms with van der Waals surface area (Å²) in [7, 11) is 0. The van der Waals surface area contributed by atoms with Gasteiger partial charge in [-0.1, -0.05) is 147 Å². The fourth-order valence-electron chi connectivity index (χ4n) is 14.3. The first-order valence-corrected chi connectivity index (χ1v) is 25.2. The Morgan fingerprint density at radius 2 is 0.761 bits per heavy atom. The summed E-state index contributed by atoms with van der Waals surface area (Å²) in [5, 5.41) is 0. The van der Waals surface area contributed by atoms with E-state index in [0.29, 0.717) is 23.7 Å². The van der Waals surface area contributed by atoms with Gasteiger partial charge in [0.25, 0.3) is 0 Å². The van der Waals surface area contributed by atoms with Crippen LogP contribution in [0.4, 0.5) is 22.7 Å². The first-order valence-electron chi connectivity index (χ1n) is 25.2. The summed E-state index contributed by atoms with van der Waals surface area (Å²) in [6, 6.07) is 74.6. The molecular weight excluding hydrogens is 809 g/mol. The number of hydrogen-bond donors (Lipinski definition) is 0. The predicted octanol–water partition coefficient (Wildman–Crippen LogP) is 17.0. The van der Waals surface area contributed by atoms with Crippen LogP contribution < -0.4 is 9.80 Å². The molecule has 5 aliphatic rings. The fraction of sp³-hybridized carbons (Fsp3) is 0.262. The van der Waals surface area contributed by atoms with Crippen LogP contribution in [0.5, 0.6) is 0 Å². The lowest BCUT2D eigenvalue weighted by atomic mass is 9.67. The average Bonchev–Trinajstić information content (AvgIpc) is 3.92. The van der Waals surface area contributed by atoms with E-state index in [-0.39, 0.29) is 11.1 Å². The van der Waals surface area contributed by atoms with Crippen molar-refractivity contribution in [2.24, 2.45) is 11.8 Å². The lowest BCUT2D eigenvalue weighted by Crippen LogP contribution is -2.46. The van der Waals surface area contributed by atoms with Gasteiger partial charge in [0.2, 0.25) is 0 Å². The molecule has 67 heavy (non-hydrogen) atoms. The lowest BCUT2D eigenvalue weighted by Gasteiger charge is -2.45. The van der Waals surface area contributed by atoms with Gasteiger partial charge in [-0.25, -0.2) is 0 Å². The van der Waals surface area contributed by atoms with E-state index in [0.717, 1.165) is 0 Å². The van der Waals surface area contributed by atoms with Crippen LogP contribution in [0.1, 0.15) is 111 Å². The van der Waals surface area contributed by atoms with E-state index in [9.17, 15) is 0 Å². The number of rotatable bonds is 6. The van der Waals surface area contributed by atoms with Crippen molar-refractivity contribution in [2.45, 2.75) is 94.5 Å². The summed E-state index contributed by atoms with van der Waals surface area (Å²) in [6.45, 7) is 9.98. The molecule has 0 N–H and O–H groups in total. The predicted molar refractivity (Wildman–Crippen MR) is 280 cm³/mol. The Morgan fingerprint density at radius 3 is 1.16 bits per heavy atom. The van der Waals surface area contributed by atoms with E-state index in [4.69, 9.17) is 0 Å². The Labute approximate surface area is 398 Å². The highest BCUT2D eigenvalue weighted by Crippen LogP contribution is 2.62. The Balaban J connectivity index is 0.972. The molecule has 330 valence electrons. The number of benzene rings is 8. The third-order valence-electron chi connectivity index (χ3n) is 17.6. The van der Waals surface area contributed by atoms with Crippen LogP contribution in [0.25, 0.3) is 33.4 Å². The average molecular weight is 869 g/mol. The number of hydrogen-bond acceptors (Lipinski definition) is 2. The molecule has 6 unspecified atom stereocenters. The molecule has 8 aromatic carbocycles. The summed E-state index contributed by atoms with van der Waals surface area (Å²) in [5.41, 5.74) is 21.1. The topological polar surface area (TPSA) is 6.48 Å². The maximum Gasteiger partial charge on any atom is 0.0713 e. The maximum atomic E-state index is 2.68.